The molecule has 2 aromatic carbocycles. The Morgan fingerprint density at radius 2 is 1.67 bits per heavy atom. The highest BCUT2D eigenvalue weighted by atomic mass is 19.4. The molecular formula is C19H19F3N2O3. The van der Waals surface area contributed by atoms with Crippen LogP contribution in [0.4, 0.5) is 13.2 Å². The number of ether oxygens (including phenoxy) is 1. The molecule has 0 saturated carbocycles. The molecule has 0 spiro atoms. The molecule has 0 radical (unpaired) electrons. The summed E-state index contributed by atoms with van der Waals surface area (Å²) < 4.78 is 44.4. The highest BCUT2D eigenvalue weighted by molar-refractivity contribution is 5.97. The Bertz CT molecular complexity index is 850. The first-order valence-electron chi connectivity index (χ1n) is 8.10. The second kappa shape index (κ2) is 8.11. The number of carbonyl (C=O) groups is 2. The summed E-state index contributed by atoms with van der Waals surface area (Å²) in [5.74, 6) is -1.27. The Balaban J connectivity index is 2.01. The van der Waals surface area contributed by atoms with Gasteiger partial charge < -0.3 is 4.74 Å². The molecule has 2 N–H and O–H groups in total. The zero-order chi connectivity index (χ0) is 20.2. The van der Waals surface area contributed by atoms with E-state index in [0.29, 0.717) is 5.75 Å². The number of hydrogen-bond acceptors (Lipinski definition) is 3. The summed E-state index contributed by atoms with van der Waals surface area (Å²) in [4.78, 5) is 24.1. The van der Waals surface area contributed by atoms with Gasteiger partial charge in [-0.25, -0.2) is 0 Å². The lowest BCUT2D eigenvalue weighted by Crippen LogP contribution is -2.47. The molecule has 0 aliphatic rings. The van der Waals surface area contributed by atoms with Gasteiger partial charge in [0.15, 0.2) is 6.10 Å². The largest absolute Gasteiger partial charge is 0.481 e. The predicted octanol–water partition coefficient (Wildman–Crippen LogP) is 3.55. The van der Waals surface area contributed by atoms with Crippen LogP contribution in [0.3, 0.4) is 0 Å². The van der Waals surface area contributed by atoms with E-state index in [-0.39, 0.29) is 0 Å². The normalized spacial score (nSPS) is 12.2. The van der Waals surface area contributed by atoms with Gasteiger partial charge in [-0.15, -0.1) is 0 Å². The van der Waals surface area contributed by atoms with E-state index in [9.17, 15) is 22.8 Å². The predicted molar refractivity (Wildman–Crippen MR) is 93.1 cm³/mol. The maximum atomic E-state index is 13.0. The lowest BCUT2D eigenvalue weighted by Gasteiger charge is -2.18. The second-order valence-corrected chi connectivity index (χ2v) is 5.94. The van der Waals surface area contributed by atoms with E-state index in [1.807, 2.05) is 25.3 Å². The van der Waals surface area contributed by atoms with Gasteiger partial charge in [0, 0.05) is 0 Å². The first-order chi connectivity index (χ1) is 12.6. The molecule has 2 rings (SSSR count). The molecule has 0 fully saturated rings. The summed E-state index contributed by atoms with van der Waals surface area (Å²) in [6.45, 7) is 5.20. The molecule has 5 nitrogen and oxygen atoms in total. The Hall–Kier alpha value is -3.03. The van der Waals surface area contributed by atoms with Crippen LogP contribution >= 0.6 is 0 Å². The summed E-state index contributed by atoms with van der Waals surface area (Å²) in [5.41, 5.74) is 4.24. The lowest BCUT2D eigenvalue weighted by atomic mass is 10.1. The minimum absolute atomic E-state index is 0.506. The van der Waals surface area contributed by atoms with Crippen LogP contribution in [0.15, 0.2) is 42.5 Å². The van der Waals surface area contributed by atoms with E-state index in [1.165, 1.54) is 19.1 Å². The molecule has 144 valence electrons. The molecule has 0 heterocycles. The van der Waals surface area contributed by atoms with Gasteiger partial charge in [0.2, 0.25) is 0 Å². The van der Waals surface area contributed by atoms with Crippen molar-refractivity contribution in [2.75, 3.05) is 0 Å². The summed E-state index contributed by atoms with van der Waals surface area (Å²) in [5, 5.41) is 0. The zero-order valence-electron chi connectivity index (χ0n) is 15.0. The van der Waals surface area contributed by atoms with Gasteiger partial charge in [0.1, 0.15) is 5.75 Å². The zero-order valence-corrected chi connectivity index (χ0v) is 15.0. The molecular weight excluding hydrogens is 361 g/mol. The Kier molecular flexibility index (Phi) is 6.09. The van der Waals surface area contributed by atoms with E-state index < -0.39 is 35.2 Å². The molecule has 0 bridgehead atoms. The highest BCUT2D eigenvalue weighted by Gasteiger charge is 2.35. The maximum absolute atomic E-state index is 13.0. The van der Waals surface area contributed by atoms with Gasteiger partial charge in [0.25, 0.3) is 11.8 Å². The topological polar surface area (TPSA) is 67.4 Å². The number of hydrogen-bond donors (Lipinski definition) is 2. The van der Waals surface area contributed by atoms with Crippen LogP contribution in [0, 0.1) is 13.8 Å². The summed E-state index contributed by atoms with van der Waals surface area (Å²) in [6.07, 6.45) is -5.65. The molecule has 0 aromatic heterocycles. The van der Waals surface area contributed by atoms with Crippen LogP contribution in [-0.4, -0.2) is 17.9 Å². The van der Waals surface area contributed by atoms with Crippen molar-refractivity contribution in [2.45, 2.75) is 33.1 Å². The number of carbonyl (C=O) groups excluding carboxylic acids is 2. The number of hydrazine groups is 1. The second-order valence-electron chi connectivity index (χ2n) is 5.94. The van der Waals surface area contributed by atoms with E-state index in [4.69, 9.17) is 4.74 Å². The number of alkyl halides is 3. The number of amides is 2. The molecule has 27 heavy (non-hydrogen) atoms. The maximum Gasteiger partial charge on any atom is 0.417 e. The van der Waals surface area contributed by atoms with Crippen LogP contribution in [-0.2, 0) is 11.0 Å². The van der Waals surface area contributed by atoms with Crippen molar-refractivity contribution in [3.05, 3.63) is 64.7 Å². The van der Waals surface area contributed by atoms with Crippen molar-refractivity contribution in [1.82, 2.24) is 10.9 Å². The van der Waals surface area contributed by atoms with Crippen molar-refractivity contribution >= 4 is 11.8 Å². The van der Waals surface area contributed by atoms with Crippen LogP contribution in [0.25, 0.3) is 0 Å². The quantitative estimate of drug-likeness (QED) is 0.798. The minimum Gasteiger partial charge on any atom is -0.481 e. The van der Waals surface area contributed by atoms with E-state index in [2.05, 4.69) is 5.43 Å². The molecule has 0 aliphatic heterocycles. The third-order valence-corrected chi connectivity index (χ3v) is 4.00. The Morgan fingerprint density at radius 3 is 2.33 bits per heavy atom. The van der Waals surface area contributed by atoms with Gasteiger partial charge in [-0.3, -0.25) is 20.4 Å². The number of nitrogens with one attached hydrogen (secondary N) is 2. The van der Waals surface area contributed by atoms with Gasteiger partial charge in [-0.05, 0) is 50.1 Å². The van der Waals surface area contributed by atoms with Gasteiger partial charge in [-0.2, -0.15) is 13.2 Å². The molecule has 0 aliphatic carbocycles. The van der Waals surface area contributed by atoms with E-state index in [0.717, 1.165) is 23.3 Å². The molecule has 2 aromatic rings. The summed E-state index contributed by atoms with van der Waals surface area (Å²) >= 11 is 0. The fourth-order valence-electron chi connectivity index (χ4n) is 2.31. The Morgan fingerprint density at radius 1 is 1.00 bits per heavy atom. The van der Waals surface area contributed by atoms with Crippen LogP contribution in [0.5, 0.6) is 5.75 Å². The van der Waals surface area contributed by atoms with Crippen molar-refractivity contribution in [3.63, 3.8) is 0 Å². The summed E-state index contributed by atoms with van der Waals surface area (Å²) in [7, 11) is 0. The first kappa shape index (κ1) is 20.3. The van der Waals surface area contributed by atoms with Gasteiger partial charge >= 0.3 is 6.18 Å². The lowest BCUT2D eigenvalue weighted by molar-refractivity contribution is -0.137. The van der Waals surface area contributed by atoms with Crippen LogP contribution in [0.2, 0.25) is 0 Å². The van der Waals surface area contributed by atoms with Crippen molar-refractivity contribution in [2.24, 2.45) is 0 Å². The van der Waals surface area contributed by atoms with Crippen molar-refractivity contribution < 1.29 is 27.5 Å². The van der Waals surface area contributed by atoms with E-state index in [1.54, 1.807) is 12.1 Å². The smallest absolute Gasteiger partial charge is 0.417 e. The molecule has 2 amide bonds. The monoisotopic (exact) mass is 380 g/mol. The van der Waals surface area contributed by atoms with E-state index >= 15 is 0 Å². The molecule has 0 saturated heterocycles. The number of rotatable bonds is 4. The van der Waals surface area contributed by atoms with Crippen molar-refractivity contribution in [3.8, 4) is 5.75 Å². The SMILES string of the molecule is Cc1cccc(OC(C)C(=O)NNC(=O)c2ccccc2C(F)(F)F)c1C. The standard InChI is InChI=1S/C19H19F3N2O3/c1-11-7-6-10-16(12(11)2)27-13(3)17(25)23-24-18(26)14-8-4-5-9-15(14)19(20,21)22/h4-10,13H,1-3H3,(H,23,25)(H,24,26). The third kappa shape index (κ3) is 4.99. The Labute approximate surface area is 154 Å². The van der Waals surface area contributed by atoms with Crippen molar-refractivity contribution in [1.29, 1.82) is 0 Å². The average Bonchev–Trinajstić information content (AvgIpc) is 2.62. The highest BCUT2D eigenvalue weighted by Crippen LogP contribution is 2.31. The first-order valence-corrected chi connectivity index (χ1v) is 8.10. The van der Waals surface area contributed by atoms with Gasteiger partial charge in [0.05, 0.1) is 11.1 Å². The minimum atomic E-state index is -4.68. The fraction of sp³-hybridized carbons (Fsp3) is 0.263. The fourth-order valence-corrected chi connectivity index (χ4v) is 2.31. The number of halogens is 3. The molecule has 8 heteroatoms. The van der Waals surface area contributed by atoms with Gasteiger partial charge in [-0.1, -0.05) is 24.3 Å². The molecule has 1 atom stereocenters. The average molecular weight is 380 g/mol. The van der Waals surface area contributed by atoms with Crippen LogP contribution < -0.4 is 15.6 Å². The third-order valence-electron chi connectivity index (χ3n) is 4.00. The number of aryl methyl sites for hydroxylation is 1. The number of benzene rings is 2. The summed E-state index contributed by atoms with van der Waals surface area (Å²) in [6, 6.07) is 9.67. The van der Waals surface area contributed by atoms with Crippen LogP contribution in [0.1, 0.15) is 34.0 Å². The molecule has 1 unspecified atom stereocenters.